The molecular formula is C3H5NO7S2. The third-order valence-corrected chi connectivity index (χ3v) is 2.03. The second-order valence-corrected chi connectivity index (χ2v) is 4.07. The highest BCUT2D eigenvalue weighted by Crippen LogP contribution is 1.96. The molecule has 0 radical (unpaired) electrons. The van der Waals surface area contributed by atoms with Crippen LogP contribution < -0.4 is 0 Å². The molecule has 0 fully saturated rings. The van der Waals surface area contributed by atoms with Gasteiger partial charge in [-0.25, -0.2) is 4.79 Å². The summed E-state index contributed by atoms with van der Waals surface area (Å²) >= 11 is 0. The maximum absolute atomic E-state index is 10.2. The zero-order chi connectivity index (χ0) is 10.6. The average molecular weight is 231 g/mol. The van der Waals surface area contributed by atoms with E-state index in [0.717, 1.165) is 0 Å². The maximum atomic E-state index is 10.2. The minimum atomic E-state index is -4.56. The molecule has 0 aromatic heterocycles. The summed E-state index contributed by atoms with van der Waals surface area (Å²) in [4.78, 5) is 10.2. The van der Waals surface area contributed by atoms with E-state index in [0.29, 0.717) is 0 Å². The number of hydrogen-bond donors (Lipinski definition) is 2. The number of carbonyl (C=O) groups is 1. The van der Waals surface area contributed by atoms with E-state index in [1.807, 2.05) is 0 Å². The van der Waals surface area contributed by atoms with Crippen LogP contribution in [-0.2, 0) is 25.4 Å². The fraction of sp³-hybridized carbons (Fsp3) is 0.667. The van der Waals surface area contributed by atoms with Gasteiger partial charge < -0.3 is 5.11 Å². The summed E-state index contributed by atoms with van der Waals surface area (Å²) < 4.78 is 50.8. The van der Waals surface area contributed by atoms with E-state index in [9.17, 15) is 21.6 Å². The van der Waals surface area contributed by atoms with E-state index in [2.05, 4.69) is 4.36 Å². The van der Waals surface area contributed by atoms with Crippen molar-refractivity contribution in [3.05, 3.63) is 0 Å². The topological polar surface area (TPSA) is 138 Å². The van der Waals surface area contributed by atoms with Gasteiger partial charge in [0.25, 0.3) is 10.1 Å². The SMILES string of the molecule is O=C(O)C(CS(=O)(=O)O)N=S(=O)=O. The molecule has 0 aliphatic carbocycles. The lowest BCUT2D eigenvalue weighted by Gasteiger charge is -2.00. The Hall–Kier alpha value is -1.00. The Kier molecular flexibility index (Phi) is 3.97. The number of rotatable bonds is 4. The van der Waals surface area contributed by atoms with Crippen LogP contribution in [-0.4, -0.2) is 44.3 Å². The Morgan fingerprint density at radius 3 is 2.15 bits per heavy atom. The standard InChI is InChI=1S/C3H5NO7S2/c5-3(6)2(4-12(7)8)1-13(9,10)11/h2H,1H2,(H,5,6)(H,9,10,11). The van der Waals surface area contributed by atoms with Crippen LogP contribution in [0, 0.1) is 0 Å². The van der Waals surface area contributed by atoms with Crippen molar-refractivity contribution in [1.29, 1.82) is 0 Å². The first-order chi connectivity index (χ1) is 5.72. The first kappa shape index (κ1) is 12.0. The molecular weight excluding hydrogens is 226 g/mol. The molecule has 0 spiro atoms. The van der Waals surface area contributed by atoms with Crippen LogP contribution in [0.2, 0.25) is 0 Å². The Balaban J connectivity index is 4.87. The molecule has 1 atom stereocenters. The predicted molar refractivity (Wildman–Crippen MR) is 39.2 cm³/mol. The lowest BCUT2D eigenvalue weighted by atomic mass is 10.4. The van der Waals surface area contributed by atoms with Gasteiger partial charge in [0.2, 0.25) is 0 Å². The third kappa shape index (κ3) is 6.19. The molecule has 2 N–H and O–H groups in total. The molecule has 0 aliphatic heterocycles. The highest BCUT2D eigenvalue weighted by atomic mass is 32.2. The van der Waals surface area contributed by atoms with E-state index >= 15 is 0 Å². The van der Waals surface area contributed by atoms with Gasteiger partial charge in [-0.1, -0.05) is 0 Å². The van der Waals surface area contributed by atoms with Gasteiger partial charge >= 0.3 is 16.5 Å². The minimum absolute atomic E-state index is 1.27. The van der Waals surface area contributed by atoms with Gasteiger partial charge in [0, 0.05) is 0 Å². The Morgan fingerprint density at radius 2 is 1.92 bits per heavy atom. The molecule has 0 aromatic rings. The molecule has 0 heterocycles. The van der Waals surface area contributed by atoms with Crippen LogP contribution in [0.5, 0.6) is 0 Å². The molecule has 0 rings (SSSR count). The number of aliphatic carboxylic acids is 1. The van der Waals surface area contributed by atoms with Crippen LogP contribution in [0.15, 0.2) is 4.36 Å². The molecule has 0 bridgehead atoms. The average Bonchev–Trinajstić information content (AvgIpc) is 1.81. The summed E-state index contributed by atoms with van der Waals surface area (Å²) in [6.07, 6.45) is 0. The van der Waals surface area contributed by atoms with Crippen molar-refractivity contribution < 1.29 is 31.3 Å². The first-order valence-electron chi connectivity index (χ1n) is 2.70. The lowest BCUT2D eigenvalue weighted by molar-refractivity contribution is -0.137. The monoisotopic (exact) mass is 231 g/mol. The van der Waals surface area contributed by atoms with Gasteiger partial charge in [0.15, 0.2) is 6.04 Å². The second kappa shape index (κ2) is 4.30. The molecule has 0 amide bonds. The van der Waals surface area contributed by atoms with E-state index in [1.165, 1.54) is 0 Å². The summed E-state index contributed by atoms with van der Waals surface area (Å²) in [5.74, 6) is -3.02. The molecule has 8 nitrogen and oxygen atoms in total. The van der Waals surface area contributed by atoms with E-state index in [4.69, 9.17) is 9.66 Å². The Labute approximate surface area is 74.6 Å². The normalized spacial score (nSPS) is 13.3. The van der Waals surface area contributed by atoms with Gasteiger partial charge in [-0.3, -0.25) is 4.55 Å². The van der Waals surface area contributed by atoms with Crippen LogP contribution in [0.1, 0.15) is 0 Å². The number of hydrogen-bond acceptors (Lipinski definition) is 6. The minimum Gasteiger partial charge on any atom is -0.480 e. The van der Waals surface area contributed by atoms with Crippen molar-refractivity contribution in [3.63, 3.8) is 0 Å². The van der Waals surface area contributed by atoms with Crippen molar-refractivity contribution in [3.8, 4) is 0 Å². The summed E-state index contributed by atoms with van der Waals surface area (Å²) in [6.45, 7) is 0. The Bertz CT molecular complexity index is 409. The van der Waals surface area contributed by atoms with Gasteiger partial charge in [0.05, 0.1) is 0 Å². The fourth-order valence-electron chi connectivity index (χ4n) is 0.450. The molecule has 10 heteroatoms. The van der Waals surface area contributed by atoms with Crippen molar-refractivity contribution >= 4 is 26.6 Å². The highest BCUT2D eigenvalue weighted by molar-refractivity contribution is 7.85. The molecule has 0 saturated heterocycles. The van der Waals surface area contributed by atoms with Gasteiger partial charge in [-0.2, -0.15) is 21.2 Å². The van der Waals surface area contributed by atoms with Gasteiger partial charge in [0.1, 0.15) is 5.75 Å². The number of carboxylic acids is 1. The number of nitrogens with zero attached hydrogens (tertiary/aromatic N) is 1. The number of carboxylic acid groups (broad SMARTS) is 1. The summed E-state index contributed by atoms with van der Waals surface area (Å²) in [7, 11) is -7.59. The fourth-order valence-corrected chi connectivity index (χ4v) is 1.53. The van der Waals surface area contributed by atoms with Crippen molar-refractivity contribution in [2.24, 2.45) is 4.36 Å². The van der Waals surface area contributed by atoms with Gasteiger partial charge in [-0.15, -0.1) is 0 Å². The van der Waals surface area contributed by atoms with Crippen molar-refractivity contribution in [2.45, 2.75) is 6.04 Å². The zero-order valence-corrected chi connectivity index (χ0v) is 7.62. The quantitative estimate of drug-likeness (QED) is 0.555. The van der Waals surface area contributed by atoms with Crippen LogP contribution >= 0.6 is 0 Å². The molecule has 13 heavy (non-hydrogen) atoms. The molecule has 0 saturated carbocycles. The highest BCUT2D eigenvalue weighted by Gasteiger charge is 2.23. The third-order valence-electron chi connectivity index (χ3n) is 0.867. The smallest absolute Gasteiger partial charge is 0.330 e. The van der Waals surface area contributed by atoms with Gasteiger partial charge in [-0.05, 0) is 0 Å². The largest absolute Gasteiger partial charge is 0.480 e. The van der Waals surface area contributed by atoms with Crippen LogP contribution in [0.4, 0.5) is 0 Å². The maximum Gasteiger partial charge on any atom is 0.330 e. The van der Waals surface area contributed by atoms with E-state index in [-0.39, 0.29) is 0 Å². The second-order valence-electron chi connectivity index (χ2n) is 1.93. The molecule has 0 aliphatic rings. The zero-order valence-electron chi connectivity index (χ0n) is 5.98. The predicted octanol–water partition coefficient (Wildman–Crippen LogP) is -1.61. The van der Waals surface area contributed by atoms with Crippen LogP contribution in [0.3, 0.4) is 0 Å². The first-order valence-corrected chi connectivity index (χ1v) is 5.34. The van der Waals surface area contributed by atoms with Crippen molar-refractivity contribution in [1.82, 2.24) is 0 Å². The van der Waals surface area contributed by atoms with E-state index in [1.54, 1.807) is 0 Å². The van der Waals surface area contributed by atoms with Crippen molar-refractivity contribution in [2.75, 3.05) is 5.75 Å². The Morgan fingerprint density at radius 1 is 1.46 bits per heavy atom. The van der Waals surface area contributed by atoms with E-state index < -0.39 is 38.4 Å². The van der Waals surface area contributed by atoms with Crippen LogP contribution in [0.25, 0.3) is 0 Å². The summed E-state index contributed by atoms with van der Waals surface area (Å²) in [6, 6.07) is -2.01. The summed E-state index contributed by atoms with van der Waals surface area (Å²) in [5, 5.41) is 8.24. The lowest BCUT2D eigenvalue weighted by Crippen LogP contribution is -2.26. The molecule has 0 aromatic carbocycles. The molecule has 1 unspecified atom stereocenters. The molecule has 76 valence electrons. The summed E-state index contributed by atoms with van der Waals surface area (Å²) in [5.41, 5.74) is 0.